The van der Waals surface area contributed by atoms with Crippen molar-refractivity contribution in [2.75, 3.05) is 19.6 Å². The minimum Gasteiger partial charge on any atom is -0.315 e. The SMILES string of the molecule is CCN(C1CCNC1)C(C)c1ccccc1C. The molecule has 1 fully saturated rings. The molecule has 0 saturated carbocycles. The van der Waals surface area contributed by atoms with Crippen LogP contribution in [-0.2, 0) is 0 Å². The summed E-state index contributed by atoms with van der Waals surface area (Å²) >= 11 is 0. The highest BCUT2D eigenvalue weighted by Gasteiger charge is 2.26. The fraction of sp³-hybridized carbons (Fsp3) is 0.600. The Morgan fingerprint density at radius 2 is 2.18 bits per heavy atom. The average Bonchev–Trinajstić information content (AvgIpc) is 2.84. The second kappa shape index (κ2) is 5.65. The lowest BCUT2D eigenvalue weighted by Gasteiger charge is -2.34. The second-order valence-corrected chi connectivity index (χ2v) is 5.01. The molecule has 17 heavy (non-hydrogen) atoms. The van der Waals surface area contributed by atoms with Crippen LogP contribution in [0.1, 0.15) is 37.4 Å². The zero-order valence-electron chi connectivity index (χ0n) is 11.2. The van der Waals surface area contributed by atoms with Crippen LogP contribution in [0, 0.1) is 6.92 Å². The van der Waals surface area contributed by atoms with E-state index in [0.29, 0.717) is 12.1 Å². The van der Waals surface area contributed by atoms with Crippen molar-refractivity contribution in [3.8, 4) is 0 Å². The molecule has 2 heteroatoms. The highest BCUT2D eigenvalue weighted by Crippen LogP contribution is 2.26. The average molecular weight is 232 g/mol. The lowest BCUT2D eigenvalue weighted by atomic mass is 9.99. The number of rotatable bonds is 4. The maximum Gasteiger partial charge on any atom is 0.0325 e. The summed E-state index contributed by atoms with van der Waals surface area (Å²) in [5, 5.41) is 3.47. The highest BCUT2D eigenvalue weighted by atomic mass is 15.2. The van der Waals surface area contributed by atoms with Gasteiger partial charge in [0.1, 0.15) is 0 Å². The molecule has 2 rings (SSSR count). The van der Waals surface area contributed by atoms with Gasteiger partial charge in [-0.1, -0.05) is 31.2 Å². The van der Waals surface area contributed by atoms with Crippen LogP contribution >= 0.6 is 0 Å². The van der Waals surface area contributed by atoms with Crippen LogP contribution in [-0.4, -0.2) is 30.6 Å². The van der Waals surface area contributed by atoms with Crippen LogP contribution in [0.3, 0.4) is 0 Å². The minimum atomic E-state index is 0.520. The van der Waals surface area contributed by atoms with Crippen LogP contribution in [0.4, 0.5) is 0 Å². The molecular weight excluding hydrogens is 208 g/mol. The van der Waals surface area contributed by atoms with Gasteiger partial charge >= 0.3 is 0 Å². The maximum atomic E-state index is 3.47. The molecule has 1 heterocycles. The Kier molecular flexibility index (Phi) is 4.19. The summed E-state index contributed by atoms with van der Waals surface area (Å²) in [4.78, 5) is 2.63. The molecule has 1 aromatic rings. The zero-order chi connectivity index (χ0) is 12.3. The summed E-state index contributed by atoms with van der Waals surface area (Å²) in [7, 11) is 0. The summed E-state index contributed by atoms with van der Waals surface area (Å²) in [6, 6.07) is 9.98. The third-order valence-corrected chi connectivity index (χ3v) is 4.00. The van der Waals surface area contributed by atoms with Gasteiger partial charge in [0.2, 0.25) is 0 Å². The molecule has 0 bridgehead atoms. The first-order valence-electron chi connectivity index (χ1n) is 6.76. The number of benzene rings is 1. The number of likely N-dealkylation sites (N-methyl/N-ethyl adjacent to an activating group) is 1. The van der Waals surface area contributed by atoms with Crippen molar-refractivity contribution in [1.29, 1.82) is 0 Å². The maximum absolute atomic E-state index is 3.47. The van der Waals surface area contributed by atoms with Gasteiger partial charge in [0.25, 0.3) is 0 Å². The van der Waals surface area contributed by atoms with Crippen molar-refractivity contribution in [2.45, 2.75) is 39.3 Å². The monoisotopic (exact) mass is 232 g/mol. The fourth-order valence-electron chi connectivity index (χ4n) is 3.00. The zero-order valence-corrected chi connectivity index (χ0v) is 11.2. The Balaban J connectivity index is 2.16. The van der Waals surface area contributed by atoms with Crippen molar-refractivity contribution >= 4 is 0 Å². The summed E-state index contributed by atoms with van der Waals surface area (Å²) in [5.41, 5.74) is 2.88. The van der Waals surface area contributed by atoms with Gasteiger partial charge in [0.15, 0.2) is 0 Å². The van der Waals surface area contributed by atoms with Crippen LogP contribution < -0.4 is 5.32 Å². The summed E-state index contributed by atoms with van der Waals surface area (Å²) in [6.45, 7) is 10.3. The molecule has 2 atom stereocenters. The smallest absolute Gasteiger partial charge is 0.0325 e. The molecule has 0 aromatic heterocycles. The van der Waals surface area contributed by atoms with Crippen molar-refractivity contribution in [3.63, 3.8) is 0 Å². The Labute approximate surface area is 105 Å². The summed E-state index contributed by atoms with van der Waals surface area (Å²) < 4.78 is 0. The summed E-state index contributed by atoms with van der Waals surface area (Å²) in [5.74, 6) is 0. The van der Waals surface area contributed by atoms with Gasteiger partial charge in [-0.2, -0.15) is 0 Å². The second-order valence-electron chi connectivity index (χ2n) is 5.01. The van der Waals surface area contributed by atoms with E-state index in [4.69, 9.17) is 0 Å². The van der Waals surface area contributed by atoms with Gasteiger partial charge in [0, 0.05) is 18.6 Å². The van der Waals surface area contributed by atoms with E-state index in [1.54, 1.807) is 0 Å². The molecule has 0 aliphatic carbocycles. The molecule has 0 amide bonds. The molecule has 0 spiro atoms. The highest BCUT2D eigenvalue weighted by molar-refractivity contribution is 5.28. The number of nitrogens with zero attached hydrogens (tertiary/aromatic N) is 1. The molecular formula is C15H24N2. The Bertz CT molecular complexity index is 356. The predicted molar refractivity (Wildman–Crippen MR) is 73.2 cm³/mol. The first-order chi connectivity index (χ1) is 8.24. The topological polar surface area (TPSA) is 15.3 Å². The molecule has 0 radical (unpaired) electrons. The molecule has 1 aliphatic heterocycles. The first-order valence-corrected chi connectivity index (χ1v) is 6.76. The van der Waals surface area contributed by atoms with E-state index in [2.05, 4.69) is 55.3 Å². The van der Waals surface area contributed by atoms with E-state index < -0.39 is 0 Å². The van der Waals surface area contributed by atoms with Gasteiger partial charge in [0.05, 0.1) is 0 Å². The molecule has 1 aromatic carbocycles. The minimum absolute atomic E-state index is 0.520. The van der Waals surface area contributed by atoms with Crippen LogP contribution in [0.15, 0.2) is 24.3 Å². The van der Waals surface area contributed by atoms with Gasteiger partial charge < -0.3 is 5.32 Å². The molecule has 2 unspecified atom stereocenters. The van der Waals surface area contributed by atoms with E-state index in [0.717, 1.165) is 13.1 Å². The van der Waals surface area contributed by atoms with E-state index in [9.17, 15) is 0 Å². The largest absolute Gasteiger partial charge is 0.315 e. The van der Waals surface area contributed by atoms with Crippen molar-refractivity contribution < 1.29 is 0 Å². The normalized spacial score (nSPS) is 22.0. The van der Waals surface area contributed by atoms with Crippen molar-refractivity contribution in [2.24, 2.45) is 0 Å². The lowest BCUT2D eigenvalue weighted by molar-refractivity contribution is 0.162. The van der Waals surface area contributed by atoms with Crippen LogP contribution in [0.2, 0.25) is 0 Å². The third kappa shape index (κ3) is 2.70. The predicted octanol–water partition coefficient (Wildman–Crippen LogP) is 2.74. The third-order valence-electron chi connectivity index (χ3n) is 4.00. The van der Waals surface area contributed by atoms with E-state index in [-0.39, 0.29) is 0 Å². The number of hydrogen-bond donors (Lipinski definition) is 1. The summed E-state index contributed by atoms with van der Waals surface area (Å²) in [6.07, 6.45) is 1.28. The van der Waals surface area contributed by atoms with Gasteiger partial charge in [-0.15, -0.1) is 0 Å². The number of nitrogens with one attached hydrogen (secondary N) is 1. The van der Waals surface area contributed by atoms with Gasteiger partial charge in [-0.3, -0.25) is 4.90 Å². The standard InChI is InChI=1S/C15H24N2/c1-4-17(14-9-10-16-11-14)13(3)15-8-6-5-7-12(15)2/h5-8,13-14,16H,4,9-11H2,1-3H3. The van der Waals surface area contributed by atoms with Crippen molar-refractivity contribution in [1.82, 2.24) is 10.2 Å². The van der Waals surface area contributed by atoms with Crippen LogP contribution in [0.5, 0.6) is 0 Å². The van der Waals surface area contributed by atoms with E-state index in [1.807, 2.05) is 0 Å². The van der Waals surface area contributed by atoms with E-state index in [1.165, 1.54) is 24.1 Å². The Hall–Kier alpha value is -0.860. The quantitative estimate of drug-likeness (QED) is 0.858. The molecule has 1 N–H and O–H groups in total. The van der Waals surface area contributed by atoms with Crippen LogP contribution in [0.25, 0.3) is 0 Å². The van der Waals surface area contributed by atoms with E-state index >= 15 is 0 Å². The molecule has 1 aliphatic rings. The fourth-order valence-corrected chi connectivity index (χ4v) is 3.00. The van der Waals surface area contributed by atoms with Crippen molar-refractivity contribution in [3.05, 3.63) is 35.4 Å². The Morgan fingerprint density at radius 3 is 2.76 bits per heavy atom. The number of hydrogen-bond acceptors (Lipinski definition) is 2. The van der Waals surface area contributed by atoms with Gasteiger partial charge in [-0.05, 0) is 44.5 Å². The number of aryl methyl sites for hydroxylation is 1. The first kappa shape index (κ1) is 12.6. The van der Waals surface area contributed by atoms with Gasteiger partial charge in [-0.25, -0.2) is 0 Å². The lowest BCUT2D eigenvalue weighted by Crippen LogP contribution is -2.38. The Morgan fingerprint density at radius 1 is 1.41 bits per heavy atom. The molecule has 1 saturated heterocycles. The molecule has 2 nitrogen and oxygen atoms in total. The molecule has 94 valence electrons.